The highest BCUT2D eigenvalue weighted by Gasteiger charge is 2.36. The number of amides is 2. The van der Waals surface area contributed by atoms with Crippen LogP contribution in [0.2, 0.25) is 0 Å². The lowest BCUT2D eigenvalue weighted by Gasteiger charge is -2.11. The maximum atomic E-state index is 12.2. The van der Waals surface area contributed by atoms with Crippen LogP contribution >= 0.6 is 0 Å². The van der Waals surface area contributed by atoms with E-state index >= 15 is 0 Å². The molecule has 2 rings (SSSR count). The number of ketones is 1. The van der Waals surface area contributed by atoms with E-state index in [4.69, 9.17) is 0 Å². The fourth-order valence-electron chi connectivity index (χ4n) is 2.26. The molecule has 7 heteroatoms. The van der Waals surface area contributed by atoms with Crippen LogP contribution in [0.25, 0.3) is 0 Å². The van der Waals surface area contributed by atoms with E-state index in [1.165, 1.54) is 6.92 Å². The molecule has 0 aromatic heterocycles. The molecular formula is C14H17N3O4. The highest BCUT2D eigenvalue weighted by atomic mass is 16.5. The van der Waals surface area contributed by atoms with Gasteiger partial charge in [-0.25, -0.2) is 4.79 Å². The van der Waals surface area contributed by atoms with Crippen LogP contribution in [0.4, 0.5) is 4.79 Å². The van der Waals surface area contributed by atoms with Crippen molar-refractivity contribution in [1.82, 2.24) is 9.91 Å². The number of imide groups is 1. The summed E-state index contributed by atoms with van der Waals surface area (Å²) in [6, 6.07) is 0. The summed E-state index contributed by atoms with van der Waals surface area (Å²) in [5.41, 5.74) is 1.17. The summed E-state index contributed by atoms with van der Waals surface area (Å²) < 4.78 is 4.47. The Hall–Kier alpha value is -2.44. The van der Waals surface area contributed by atoms with Crippen molar-refractivity contribution < 1.29 is 19.1 Å². The Balaban J connectivity index is 2.33. The second kappa shape index (κ2) is 5.90. The number of Topliss-reactive ketones (excluding diaryl/α,β-unsaturated/α-hetero) is 1. The maximum absolute atomic E-state index is 12.2. The van der Waals surface area contributed by atoms with Gasteiger partial charge in [-0.1, -0.05) is 0 Å². The standard InChI is InChI=1S/C14H17N3O4/c1-9(18)12-11(7-6-10-5-4-8-16(10)2)13(19)17(15-12)14(20)21-3/h6-7H,4-5,8H2,1-3H3/b10-6-,11-7+. The van der Waals surface area contributed by atoms with Crippen LogP contribution in [0, 0.1) is 0 Å². The number of hydrazone groups is 1. The van der Waals surface area contributed by atoms with Gasteiger partial charge in [0.1, 0.15) is 5.71 Å². The van der Waals surface area contributed by atoms with Crippen molar-refractivity contribution in [2.24, 2.45) is 5.10 Å². The summed E-state index contributed by atoms with van der Waals surface area (Å²) in [5.74, 6) is -1.02. The highest BCUT2D eigenvalue weighted by molar-refractivity contribution is 6.53. The minimum absolute atomic E-state index is 0.0251. The van der Waals surface area contributed by atoms with Crippen LogP contribution in [0.1, 0.15) is 19.8 Å². The molecule has 2 aliphatic heterocycles. The molecule has 0 unspecified atom stereocenters. The molecule has 0 atom stereocenters. The summed E-state index contributed by atoms with van der Waals surface area (Å²) in [6.07, 6.45) is 4.40. The second-order valence-corrected chi connectivity index (χ2v) is 4.86. The predicted octanol–water partition coefficient (Wildman–Crippen LogP) is 1.08. The third-order valence-electron chi connectivity index (χ3n) is 3.42. The van der Waals surface area contributed by atoms with Crippen molar-refractivity contribution in [2.75, 3.05) is 20.7 Å². The lowest BCUT2D eigenvalue weighted by atomic mass is 10.1. The van der Waals surface area contributed by atoms with Crippen LogP contribution < -0.4 is 0 Å². The first-order valence-electron chi connectivity index (χ1n) is 6.60. The van der Waals surface area contributed by atoms with Gasteiger partial charge >= 0.3 is 6.09 Å². The van der Waals surface area contributed by atoms with Gasteiger partial charge in [0.15, 0.2) is 5.78 Å². The molecule has 2 amide bonds. The molecule has 0 aromatic rings. The minimum atomic E-state index is -0.909. The summed E-state index contributed by atoms with van der Waals surface area (Å²) in [6.45, 7) is 2.26. The van der Waals surface area contributed by atoms with Crippen molar-refractivity contribution in [1.29, 1.82) is 0 Å². The number of hydrogen-bond donors (Lipinski definition) is 0. The number of methoxy groups -OCH3 is 1. The Labute approximate surface area is 122 Å². The van der Waals surface area contributed by atoms with Crippen LogP contribution in [-0.2, 0) is 14.3 Å². The van der Waals surface area contributed by atoms with Gasteiger partial charge in [0.25, 0.3) is 5.91 Å². The Kier molecular flexibility index (Phi) is 4.21. The maximum Gasteiger partial charge on any atom is 0.437 e. The first kappa shape index (κ1) is 15.0. The molecule has 0 saturated carbocycles. The van der Waals surface area contributed by atoms with E-state index in [-0.39, 0.29) is 17.1 Å². The number of allylic oxidation sites excluding steroid dienone is 3. The van der Waals surface area contributed by atoms with Crippen molar-refractivity contribution >= 4 is 23.5 Å². The van der Waals surface area contributed by atoms with Gasteiger partial charge in [-0.15, -0.1) is 5.01 Å². The van der Waals surface area contributed by atoms with Crippen molar-refractivity contribution in [2.45, 2.75) is 19.8 Å². The molecule has 0 bridgehead atoms. The summed E-state index contributed by atoms with van der Waals surface area (Å²) >= 11 is 0. The SMILES string of the molecule is COC(=O)N1N=C(C(C)=O)/C(=C\C=C2\CCCN2C)C1=O. The third-order valence-corrected chi connectivity index (χ3v) is 3.42. The molecule has 2 heterocycles. The second-order valence-electron chi connectivity index (χ2n) is 4.86. The van der Waals surface area contributed by atoms with Gasteiger partial charge in [-0.3, -0.25) is 9.59 Å². The zero-order chi connectivity index (χ0) is 15.6. The lowest BCUT2D eigenvalue weighted by molar-refractivity contribution is -0.124. The minimum Gasteiger partial charge on any atom is -0.451 e. The molecular weight excluding hydrogens is 274 g/mol. The third kappa shape index (κ3) is 2.86. The quantitative estimate of drug-likeness (QED) is 0.711. The number of hydrogen-bond acceptors (Lipinski definition) is 6. The number of likely N-dealkylation sites (tertiary alicyclic amines) is 1. The van der Waals surface area contributed by atoms with Crippen molar-refractivity contribution in [3.8, 4) is 0 Å². The van der Waals surface area contributed by atoms with Gasteiger partial charge in [-0.2, -0.15) is 5.10 Å². The number of carbonyl (C=O) groups is 3. The number of nitrogens with zero attached hydrogens (tertiary/aromatic N) is 3. The average molecular weight is 291 g/mol. The monoisotopic (exact) mass is 291 g/mol. The van der Waals surface area contributed by atoms with E-state index < -0.39 is 12.0 Å². The van der Waals surface area contributed by atoms with E-state index in [1.54, 1.807) is 12.2 Å². The highest BCUT2D eigenvalue weighted by Crippen LogP contribution is 2.21. The average Bonchev–Trinajstić information content (AvgIpc) is 3.00. The molecule has 1 fully saturated rings. The smallest absolute Gasteiger partial charge is 0.437 e. The zero-order valence-corrected chi connectivity index (χ0v) is 12.3. The van der Waals surface area contributed by atoms with Crippen LogP contribution in [0.5, 0.6) is 0 Å². The van der Waals surface area contributed by atoms with E-state index in [0.29, 0.717) is 5.01 Å². The fraction of sp³-hybridized carbons (Fsp3) is 0.429. The number of ether oxygens (including phenoxy) is 1. The van der Waals surface area contributed by atoms with Gasteiger partial charge in [0, 0.05) is 26.2 Å². The molecule has 0 aromatic carbocycles. The molecule has 0 spiro atoms. The van der Waals surface area contributed by atoms with E-state index in [9.17, 15) is 14.4 Å². The van der Waals surface area contributed by atoms with Crippen LogP contribution in [0.3, 0.4) is 0 Å². The van der Waals surface area contributed by atoms with E-state index in [0.717, 1.165) is 32.2 Å². The molecule has 2 aliphatic rings. The topological polar surface area (TPSA) is 79.3 Å². The zero-order valence-electron chi connectivity index (χ0n) is 12.3. The van der Waals surface area contributed by atoms with E-state index in [2.05, 4.69) is 14.7 Å². The largest absolute Gasteiger partial charge is 0.451 e. The van der Waals surface area contributed by atoms with Crippen LogP contribution in [0.15, 0.2) is 28.5 Å². The normalized spacial score (nSPS) is 22.2. The summed E-state index contributed by atoms with van der Waals surface area (Å²) in [4.78, 5) is 37.3. The Bertz CT molecular complexity index is 589. The van der Waals surface area contributed by atoms with Gasteiger partial charge < -0.3 is 9.64 Å². The summed E-state index contributed by atoms with van der Waals surface area (Å²) in [7, 11) is 3.12. The molecule has 1 saturated heterocycles. The van der Waals surface area contributed by atoms with Gasteiger partial charge in [0.2, 0.25) is 0 Å². The molecule has 21 heavy (non-hydrogen) atoms. The first-order valence-corrected chi connectivity index (χ1v) is 6.60. The summed E-state index contributed by atoms with van der Waals surface area (Å²) in [5, 5.41) is 4.32. The Morgan fingerprint density at radius 3 is 2.57 bits per heavy atom. The predicted molar refractivity (Wildman–Crippen MR) is 75.4 cm³/mol. The Morgan fingerprint density at radius 2 is 2.05 bits per heavy atom. The fourth-order valence-corrected chi connectivity index (χ4v) is 2.26. The first-order chi connectivity index (χ1) is 9.95. The lowest BCUT2D eigenvalue weighted by Crippen LogP contribution is -2.29. The number of rotatable bonds is 2. The molecule has 112 valence electrons. The van der Waals surface area contributed by atoms with Crippen molar-refractivity contribution in [3.63, 3.8) is 0 Å². The Morgan fingerprint density at radius 1 is 1.33 bits per heavy atom. The van der Waals surface area contributed by atoms with Gasteiger partial charge in [0.05, 0.1) is 12.7 Å². The van der Waals surface area contributed by atoms with Crippen LogP contribution in [-0.4, -0.2) is 54.1 Å². The molecule has 0 radical (unpaired) electrons. The number of carbonyl (C=O) groups excluding carboxylic acids is 3. The molecule has 7 nitrogen and oxygen atoms in total. The van der Waals surface area contributed by atoms with E-state index in [1.807, 2.05) is 7.05 Å². The van der Waals surface area contributed by atoms with Crippen molar-refractivity contribution in [3.05, 3.63) is 23.4 Å². The van der Waals surface area contributed by atoms with Gasteiger partial charge in [-0.05, 0) is 25.0 Å². The molecule has 0 N–H and O–H groups in total. The molecule has 0 aliphatic carbocycles.